The fourth-order valence-electron chi connectivity index (χ4n) is 3.93. The van der Waals surface area contributed by atoms with Crippen molar-refractivity contribution in [3.05, 3.63) is 48.5 Å². The first-order valence-corrected chi connectivity index (χ1v) is 8.93. The first-order valence-electron chi connectivity index (χ1n) is 8.93. The van der Waals surface area contributed by atoms with Gasteiger partial charge in [0.1, 0.15) is 0 Å². The van der Waals surface area contributed by atoms with Gasteiger partial charge in [0.2, 0.25) is 0 Å². The van der Waals surface area contributed by atoms with Crippen LogP contribution in [-0.2, 0) is 0 Å². The molecule has 2 aliphatic rings. The molecule has 1 aliphatic heterocycles. The van der Waals surface area contributed by atoms with Gasteiger partial charge >= 0.3 is 0 Å². The lowest BCUT2D eigenvalue weighted by Crippen LogP contribution is -2.51. The van der Waals surface area contributed by atoms with Crippen molar-refractivity contribution in [1.82, 2.24) is 19.4 Å². The van der Waals surface area contributed by atoms with Crippen LogP contribution in [0.2, 0.25) is 0 Å². The maximum absolute atomic E-state index is 12.7. The van der Waals surface area contributed by atoms with Crippen molar-refractivity contribution in [3.63, 3.8) is 0 Å². The number of carbonyl (C=O) groups is 1. The summed E-state index contributed by atoms with van der Waals surface area (Å²) in [6.07, 6.45) is 10.8. The quantitative estimate of drug-likeness (QED) is 0.871. The second-order valence-corrected chi connectivity index (χ2v) is 6.78. The molecule has 2 aromatic rings. The third-order valence-corrected chi connectivity index (χ3v) is 5.36. The molecular formula is C19H24N4O. The topological polar surface area (TPSA) is 41.4 Å². The zero-order valence-electron chi connectivity index (χ0n) is 14.0. The van der Waals surface area contributed by atoms with Crippen LogP contribution >= 0.6 is 0 Å². The summed E-state index contributed by atoms with van der Waals surface area (Å²) in [6.45, 7) is 3.73. The van der Waals surface area contributed by atoms with Crippen LogP contribution in [0, 0.1) is 0 Å². The molecule has 2 heterocycles. The van der Waals surface area contributed by atoms with E-state index in [0.29, 0.717) is 0 Å². The molecule has 0 atom stereocenters. The van der Waals surface area contributed by atoms with E-state index >= 15 is 0 Å². The maximum atomic E-state index is 12.7. The van der Waals surface area contributed by atoms with Crippen LogP contribution in [0.4, 0.5) is 0 Å². The van der Waals surface area contributed by atoms with Crippen molar-refractivity contribution in [2.24, 2.45) is 0 Å². The Labute approximate surface area is 142 Å². The van der Waals surface area contributed by atoms with Crippen LogP contribution in [0.5, 0.6) is 0 Å². The monoisotopic (exact) mass is 324 g/mol. The van der Waals surface area contributed by atoms with Gasteiger partial charge in [0.25, 0.3) is 5.91 Å². The number of amides is 1. The lowest BCUT2D eigenvalue weighted by molar-refractivity contribution is 0.0573. The molecule has 2 fully saturated rings. The Hall–Kier alpha value is -2.14. The predicted octanol–water partition coefficient (Wildman–Crippen LogP) is 2.57. The van der Waals surface area contributed by atoms with E-state index in [9.17, 15) is 4.79 Å². The van der Waals surface area contributed by atoms with Gasteiger partial charge in [0, 0.05) is 55.9 Å². The molecule has 1 aromatic heterocycles. The molecule has 1 aliphatic carbocycles. The number of rotatable bonds is 3. The Bertz CT molecular complexity index is 666. The molecule has 0 radical (unpaired) electrons. The summed E-state index contributed by atoms with van der Waals surface area (Å²) in [6, 6.07) is 8.55. The summed E-state index contributed by atoms with van der Waals surface area (Å²) in [5.74, 6) is 0.151. The van der Waals surface area contributed by atoms with E-state index < -0.39 is 0 Å². The molecule has 126 valence electrons. The molecule has 24 heavy (non-hydrogen) atoms. The summed E-state index contributed by atoms with van der Waals surface area (Å²) in [4.78, 5) is 21.3. The molecule has 1 amide bonds. The Balaban J connectivity index is 1.37. The highest BCUT2D eigenvalue weighted by atomic mass is 16.2. The molecule has 1 saturated carbocycles. The number of hydrogen-bond acceptors (Lipinski definition) is 3. The van der Waals surface area contributed by atoms with E-state index in [1.54, 1.807) is 12.5 Å². The highest BCUT2D eigenvalue weighted by Gasteiger charge is 2.28. The molecule has 0 spiro atoms. The average molecular weight is 324 g/mol. The summed E-state index contributed by atoms with van der Waals surface area (Å²) in [5, 5.41) is 0. The largest absolute Gasteiger partial charge is 0.336 e. The zero-order chi connectivity index (χ0) is 16.4. The fourth-order valence-corrected chi connectivity index (χ4v) is 3.93. The standard InChI is InChI=1S/C19H24N4O/c24-19(16-5-7-18(8-6-16)23-10-9-20-15-23)22-13-11-21(12-14-22)17-3-1-2-4-17/h5-10,15,17H,1-4,11-14H2. The van der Waals surface area contributed by atoms with E-state index in [1.165, 1.54) is 25.7 Å². The van der Waals surface area contributed by atoms with Gasteiger partial charge in [-0.3, -0.25) is 9.69 Å². The highest BCUT2D eigenvalue weighted by Crippen LogP contribution is 2.24. The number of nitrogens with zero attached hydrogens (tertiary/aromatic N) is 4. The fraction of sp³-hybridized carbons (Fsp3) is 0.474. The minimum Gasteiger partial charge on any atom is -0.336 e. The van der Waals surface area contributed by atoms with E-state index in [2.05, 4.69) is 9.88 Å². The first kappa shape index (κ1) is 15.4. The molecular weight excluding hydrogens is 300 g/mol. The molecule has 1 aromatic carbocycles. The number of imidazole rings is 1. The lowest BCUT2D eigenvalue weighted by atomic mass is 10.1. The Kier molecular flexibility index (Phi) is 4.34. The van der Waals surface area contributed by atoms with Crippen molar-refractivity contribution < 1.29 is 4.79 Å². The zero-order valence-corrected chi connectivity index (χ0v) is 14.0. The summed E-state index contributed by atoms with van der Waals surface area (Å²) < 4.78 is 1.94. The molecule has 0 bridgehead atoms. The SMILES string of the molecule is O=C(c1ccc(-n2ccnc2)cc1)N1CCN(C2CCCC2)CC1. The van der Waals surface area contributed by atoms with E-state index in [0.717, 1.165) is 43.5 Å². The van der Waals surface area contributed by atoms with Crippen molar-refractivity contribution in [2.45, 2.75) is 31.7 Å². The van der Waals surface area contributed by atoms with Crippen LogP contribution in [0.3, 0.4) is 0 Å². The smallest absolute Gasteiger partial charge is 0.253 e. The molecule has 5 heteroatoms. The molecule has 0 N–H and O–H groups in total. The Morgan fingerprint density at radius 3 is 2.33 bits per heavy atom. The summed E-state index contributed by atoms with van der Waals surface area (Å²) in [7, 11) is 0. The summed E-state index contributed by atoms with van der Waals surface area (Å²) >= 11 is 0. The van der Waals surface area contributed by atoms with Crippen molar-refractivity contribution >= 4 is 5.91 Å². The number of piperazine rings is 1. The minimum absolute atomic E-state index is 0.151. The third kappa shape index (κ3) is 3.08. The first-order chi connectivity index (χ1) is 11.8. The van der Waals surface area contributed by atoms with Crippen LogP contribution in [0.15, 0.2) is 43.0 Å². The van der Waals surface area contributed by atoms with Crippen LogP contribution in [-0.4, -0.2) is 57.5 Å². The van der Waals surface area contributed by atoms with Gasteiger partial charge in [-0.1, -0.05) is 12.8 Å². The van der Waals surface area contributed by atoms with Crippen LogP contribution in [0.1, 0.15) is 36.0 Å². The predicted molar refractivity (Wildman–Crippen MR) is 93.3 cm³/mol. The lowest BCUT2D eigenvalue weighted by Gasteiger charge is -2.38. The van der Waals surface area contributed by atoms with Crippen LogP contribution < -0.4 is 0 Å². The maximum Gasteiger partial charge on any atom is 0.253 e. The molecule has 1 saturated heterocycles. The van der Waals surface area contributed by atoms with Crippen molar-refractivity contribution in [2.75, 3.05) is 26.2 Å². The highest BCUT2D eigenvalue weighted by molar-refractivity contribution is 5.94. The van der Waals surface area contributed by atoms with Gasteiger partial charge in [-0.2, -0.15) is 0 Å². The van der Waals surface area contributed by atoms with Gasteiger partial charge < -0.3 is 9.47 Å². The number of benzene rings is 1. The van der Waals surface area contributed by atoms with Crippen molar-refractivity contribution in [1.29, 1.82) is 0 Å². The van der Waals surface area contributed by atoms with Gasteiger partial charge in [-0.25, -0.2) is 4.98 Å². The van der Waals surface area contributed by atoms with Crippen molar-refractivity contribution in [3.8, 4) is 5.69 Å². The molecule has 5 nitrogen and oxygen atoms in total. The second-order valence-electron chi connectivity index (χ2n) is 6.78. The molecule has 4 rings (SSSR count). The number of aromatic nitrogens is 2. The summed E-state index contributed by atoms with van der Waals surface area (Å²) in [5.41, 5.74) is 1.79. The normalized spacial score (nSPS) is 19.8. The van der Waals surface area contributed by atoms with Crippen LogP contribution in [0.25, 0.3) is 5.69 Å². The number of hydrogen-bond donors (Lipinski definition) is 0. The van der Waals surface area contributed by atoms with E-state index in [1.807, 2.05) is 39.9 Å². The van der Waals surface area contributed by atoms with Gasteiger partial charge in [-0.15, -0.1) is 0 Å². The average Bonchev–Trinajstić information content (AvgIpc) is 3.35. The van der Waals surface area contributed by atoms with Gasteiger partial charge in [-0.05, 0) is 37.1 Å². The van der Waals surface area contributed by atoms with Gasteiger partial charge in [0.05, 0.1) is 6.33 Å². The Morgan fingerprint density at radius 1 is 1.00 bits per heavy atom. The van der Waals surface area contributed by atoms with E-state index in [-0.39, 0.29) is 5.91 Å². The second kappa shape index (κ2) is 6.77. The third-order valence-electron chi connectivity index (χ3n) is 5.36. The number of carbonyl (C=O) groups excluding carboxylic acids is 1. The minimum atomic E-state index is 0.151. The molecule has 0 unspecified atom stereocenters. The van der Waals surface area contributed by atoms with E-state index in [4.69, 9.17) is 0 Å². The Morgan fingerprint density at radius 2 is 1.71 bits per heavy atom. The van der Waals surface area contributed by atoms with Gasteiger partial charge in [0.15, 0.2) is 0 Å².